The van der Waals surface area contributed by atoms with Crippen molar-refractivity contribution in [3.63, 3.8) is 0 Å². The Balaban J connectivity index is 1.61. The van der Waals surface area contributed by atoms with Gasteiger partial charge in [-0.25, -0.2) is 4.79 Å². The van der Waals surface area contributed by atoms with E-state index in [0.717, 1.165) is 17.0 Å². The van der Waals surface area contributed by atoms with Gasteiger partial charge in [0.15, 0.2) is 6.61 Å². The van der Waals surface area contributed by atoms with Crippen molar-refractivity contribution in [2.75, 3.05) is 26.9 Å². The highest BCUT2D eigenvalue weighted by molar-refractivity contribution is 6.09. The second-order valence-corrected chi connectivity index (χ2v) is 8.72. The van der Waals surface area contributed by atoms with Gasteiger partial charge in [-0.1, -0.05) is 30.3 Å². The number of aryl methyl sites for hydroxylation is 1. The Labute approximate surface area is 210 Å². The van der Waals surface area contributed by atoms with Crippen LogP contribution >= 0.6 is 0 Å². The summed E-state index contributed by atoms with van der Waals surface area (Å²) in [5, 5.41) is 0.573. The number of hydrogen-bond acceptors (Lipinski definition) is 6. The van der Waals surface area contributed by atoms with Crippen molar-refractivity contribution in [1.82, 2.24) is 4.57 Å². The second kappa shape index (κ2) is 10.8. The van der Waals surface area contributed by atoms with Crippen LogP contribution in [0.25, 0.3) is 22.3 Å². The van der Waals surface area contributed by atoms with Crippen LogP contribution in [0.4, 0.5) is 0 Å². The summed E-state index contributed by atoms with van der Waals surface area (Å²) in [6.07, 6.45) is 0. The molecule has 0 amide bonds. The van der Waals surface area contributed by atoms with Gasteiger partial charge in [0.05, 0.1) is 19.3 Å². The highest BCUT2D eigenvalue weighted by Gasteiger charge is 2.24. The first-order valence-electron chi connectivity index (χ1n) is 12.0. The monoisotopic (exact) mass is 489 g/mol. The molecule has 0 N–H and O–H groups in total. The van der Waals surface area contributed by atoms with Crippen molar-refractivity contribution in [2.24, 2.45) is 0 Å². The van der Waals surface area contributed by atoms with Gasteiger partial charge in [0.1, 0.15) is 22.7 Å². The van der Waals surface area contributed by atoms with Gasteiger partial charge < -0.3 is 23.2 Å². The van der Waals surface area contributed by atoms with Crippen LogP contribution in [0.5, 0.6) is 5.75 Å². The number of ketones is 1. The molecule has 0 bridgehead atoms. The molecular formula is C29H31NO6. The molecule has 0 saturated carbocycles. The fourth-order valence-corrected chi connectivity index (χ4v) is 4.65. The molecule has 0 radical (unpaired) electrons. The molecular weight excluding hydrogens is 458 g/mol. The molecule has 7 nitrogen and oxygen atoms in total. The molecule has 0 aliphatic heterocycles. The topological polar surface area (TPSA) is 79.9 Å². The summed E-state index contributed by atoms with van der Waals surface area (Å²) in [5.41, 5.74) is 4.14. The molecule has 188 valence electrons. The number of rotatable bonds is 10. The van der Waals surface area contributed by atoms with Gasteiger partial charge in [0, 0.05) is 35.0 Å². The van der Waals surface area contributed by atoms with Crippen molar-refractivity contribution >= 4 is 22.7 Å². The maximum atomic E-state index is 13.0. The number of furan rings is 1. The molecule has 0 saturated heterocycles. The maximum absolute atomic E-state index is 13.0. The second-order valence-electron chi connectivity index (χ2n) is 8.72. The zero-order chi connectivity index (χ0) is 25.8. The van der Waals surface area contributed by atoms with Crippen LogP contribution in [0.15, 0.2) is 59.0 Å². The lowest BCUT2D eigenvalue weighted by Gasteiger charge is -2.17. The minimum Gasteiger partial charge on any atom is -0.485 e. The predicted octanol–water partition coefficient (Wildman–Crippen LogP) is 6.16. The van der Waals surface area contributed by atoms with E-state index in [0.29, 0.717) is 40.2 Å². The normalized spacial score (nSPS) is 12.0. The average Bonchev–Trinajstić information content (AvgIpc) is 3.40. The molecule has 36 heavy (non-hydrogen) atoms. The number of ether oxygens (including phenoxy) is 3. The summed E-state index contributed by atoms with van der Waals surface area (Å²) in [5.74, 6) is 0.307. The fourth-order valence-electron chi connectivity index (χ4n) is 4.65. The summed E-state index contributed by atoms with van der Waals surface area (Å²) < 4.78 is 24.6. The summed E-state index contributed by atoms with van der Waals surface area (Å²) >= 11 is 0. The summed E-state index contributed by atoms with van der Waals surface area (Å²) in [7, 11) is 1.66. The highest BCUT2D eigenvalue weighted by Crippen LogP contribution is 2.36. The van der Waals surface area contributed by atoms with Crippen LogP contribution in [0.2, 0.25) is 0 Å². The van der Waals surface area contributed by atoms with Crippen molar-refractivity contribution in [1.29, 1.82) is 0 Å². The Bertz CT molecular complexity index is 1380. The van der Waals surface area contributed by atoms with E-state index in [-0.39, 0.29) is 25.0 Å². The van der Waals surface area contributed by atoms with Crippen molar-refractivity contribution in [2.45, 2.75) is 33.7 Å². The van der Waals surface area contributed by atoms with Gasteiger partial charge in [-0.2, -0.15) is 0 Å². The third kappa shape index (κ3) is 4.93. The number of methoxy groups -OCH3 is 1. The minimum atomic E-state index is -0.471. The Morgan fingerprint density at radius 2 is 1.81 bits per heavy atom. The zero-order valence-electron chi connectivity index (χ0n) is 21.3. The molecule has 0 spiro atoms. The number of esters is 1. The predicted molar refractivity (Wildman–Crippen MR) is 138 cm³/mol. The number of nitrogens with zero attached hydrogens (tertiary/aromatic N) is 1. The molecule has 0 aliphatic rings. The van der Waals surface area contributed by atoms with Gasteiger partial charge in [-0.15, -0.1) is 0 Å². The molecule has 4 rings (SSSR count). The van der Waals surface area contributed by atoms with Crippen LogP contribution in [0.1, 0.15) is 52.0 Å². The lowest BCUT2D eigenvalue weighted by atomic mass is 10.1. The van der Waals surface area contributed by atoms with Gasteiger partial charge in [-0.05, 0) is 52.0 Å². The molecule has 0 fully saturated rings. The average molecular weight is 490 g/mol. The Morgan fingerprint density at radius 3 is 2.50 bits per heavy atom. The van der Waals surface area contributed by atoms with E-state index in [1.807, 2.05) is 50.2 Å². The van der Waals surface area contributed by atoms with E-state index in [4.69, 9.17) is 18.6 Å². The molecule has 1 atom stereocenters. The van der Waals surface area contributed by atoms with Crippen LogP contribution in [0, 0.1) is 13.8 Å². The van der Waals surface area contributed by atoms with Crippen LogP contribution in [0.3, 0.4) is 0 Å². The number of carbonyl (C=O) groups excluding carboxylic acids is 2. The van der Waals surface area contributed by atoms with E-state index < -0.39 is 5.97 Å². The van der Waals surface area contributed by atoms with E-state index in [9.17, 15) is 9.59 Å². The number of aromatic nitrogens is 1. The van der Waals surface area contributed by atoms with E-state index in [2.05, 4.69) is 11.5 Å². The van der Waals surface area contributed by atoms with Gasteiger partial charge >= 0.3 is 5.97 Å². The number of carbonyl (C=O) groups is 2. The lowest BCUT2D eigenvalue weighted by molar-refractivity contribution is 0.0528. The Hall–Kier alpha value is -3.84. The molecule has 0 aliphatic carbocycles. The maximum Gasteiger partial charge on any atom is 0.342 e. The number of fused-ring (bicyclic) bond motifs is 1. The van der Waals surface area contributed by atoms with Crippen molar-refractivity contribution < 1.29 is 28.2 Å². The third-order valence-electron chi connectivity index (χ3n) is 6.18. The van der Waals surface area contributed by atoms with Crippen LogP contribution in [-0.4, -0.2) is 43.3 Å². The number of hydrogen-bond donors (Lipinski definition) is 0. The Morgan fingerprint density at radius 1 is 1.06 bits per heavy atom. The molecule has 1 unspecified atom stereocenters. The van der Waals surface area contributed by atoms with Crippen LogP contribution in [-0.2, 0) is 9.47 Å². The standard InChI is InChI=1S/C29H31NO6/c1-6-34-29(32)27-24-15-22(12-13-26(24)36-28(27)21-10-8-7-9-11-21)35-17-25(31)23-14-18(2)30(20(23)4)19(3)16-33-5/h7-15,19H,6,16-17H2,1-5H3. The van der Waals surface area contributed by atoms with Gasteiger partial charge in [-0.3, -0.25) is 4.79 Å². The Kier molecular flexibility index (Phi) is 7.60. The fraction of sp³-hybridized carbons (Fsp3) is 0.310. The smallest absolute Gasteiger partial charge is 0.342 e. The first-order chi connectivity index (χ1) is 17.3. The SMILES string of the molecule is CCOC(=O)c1c(-c2ccccc2)oc2ccc(OCC(=O)c3cc(C)n(C(C)COC)c3C)cc12. The largest absolute Gasteiger partial charge is 0.485 e. The summed E-state index contributed by atoms with van der Waals surface area (Å²) in [6, 6.07) is 16.6. The number of benzene rings is 2. The molecule has 2 heterocycles. The van der Waals surface area contributed by atoms with E-state index >= 15 is 0 Å². The summed E-state index contributed by atoms with van der Waals surface area (Å²) in [4.78, 5) is 25.9. The quantitative estimate of drug-likeness (QED) is 0.196. The van der Waals surface area contributed by atoms with Crippen LogP contribution < -0.4 is 4.74 Å². The molecule has 4 aromatic rings. The van der Waals surface area contributed by atoms with Gasteiger partial charge in [0.25, 0.3) is 0 Å². The van der Waals surface area contributed by atoms with Crippen molar-refractivity contribution in [3.8, 4) is 17.1 Å². The first-order valence-corrected chi connectivity index (χ1v) is 12.0. The van der Waals surface area contributed by atoms with Gasteiger partial charge in [0.2, 0.25) is 5.78 Å². The molecule has 7 heteroatoms. The van der Waals surface area contributed by atoms with E-state index in [1.165, 1.54) is 0 Å². The lowest BCUT2D eigenvalue weighted by Crippen LogP contribution is -2.16. The summed E-state index contributed by atoms with van der Waals surface area (Å²) in [6.45, 7) is 8.39. The minimum absolute atomic E-state index is 0.112. The zero-order valence-corrected chi connectivity index (χ0v) is 21.3. The highest BCUT2D eigenvalue weighted by atomic mass is 16.5. The van der Waals surface area contributed by atoms with E-state index in [1.54, 1.807) is 32.2 Å². The van der Waals surface area contributed by atoms with Crippen molar-refractivity contribution in [3.05, 3.63) is 77.1 Å². The first kappa shape index (κ1) is 25.3. The molecule has 2 aromatic heterocycles. The third-order valence-corrected chi connectivity index (χ3v) is 6.18. The molecule has 2 aromatic carbocycles. The number of Topliss-reactive ketones (excluding diaryl/α,β-unsaturated/α-hetero) is 1.